The smallest absolute Gasteiger partial charge is 0.150 e. The molecule has 2 aromatic rings. The zero-order chi connectivity index (χ0) is 16.2. The molecule has 2 heterocycles. The predicted molar refractivity (Wildman–Crippen MR) is 93.0 cm³/mol. The molecule has 1 aliphatic heterocycles. The Morgan fingerprint density at radius 1 is 1.39 bits per heavy atom. The molecule has 1 aliphatic rings. The molecule has 1 saturated heterocycles. The van der Waals surface area contributed by atoms with Gasteiger partial charge in [-0.25, -0.2) is 4.68 Å². The highest BCUT2D eigenvalue weighted by molar-refractivity contribution is 6.00. The molecule has 6 heteroatoms. The van der Waals surface area contributed by atoms with Gasteiger partial charge in [0.05, 0.1) is 17.6 Å². The van der Waals surface area contributed by atoms with E-state index in [9.17, 15) is 0 Å². The number of nitrogens with zero attached hydrogens (tertiary/aromatic N) is 4. The summed E-state index contributed by atoms with van der Waals surface area (Å²) in [4.78, 5) is 8.61. The van der Waals surface area contributed by atoms with E-state index in [-0.39, 0.29) is 6.23 Å². The van der Waals surface area contributed by atoms with E-state index < -0.39 is 0 Å². The molecule has 0 saturated carbocycles. The van der Waals surface area contributed by atoms with Crippen molar-refractivity contribution < 1.29 is 4.74 Å². The lowest BCUT2D eigenvalue weighted by molar-refractivity contribution is -0.0394. The van der Waals surface area contributed by atoms with Gasteiger partial charge < -0.3 is 10.5 Å². The zero-order valence-corrected chi connectivity index (χ0v) is 13.3. The van der Waals surface area contributed by atoms with Gasteiger partial charge in [-0.3, -0.25) is 9.98 Å². The Hall–Kier alpha value is -2.47. The summed E-state index contributed by atoms with van der Waals surface area (Å²) in [6, 6.07) is 5.40. The second kappa shape index (κ2) is 6.75. The van der Waals surface area contributed by atoms with Gasteiger partial charge >= 0.3 is 0 Å². The van der Waals surface area contributed by atoms with E-state index in [0.717, 1.165) is 30.7 Å². The minimum Gasteiger partial charge on any atom is -0.399 e. The molecule has 0 amide bonds. The van der Waals surface area contributed by atoms with Crippen LogP contribution in [0.25, 0.3) is 0 Å². The molecule has 120 valence electrons. The lowest BCUT2D eigenvalue weighted by Crippen LogP contribution is -2.18. The van der Waals surface area contributed by atoms with E-state index in [1.165, 1.54) is 6.42 Å². The highest BCUT2D eigenvalue weighted by Gasteiger charge is 2.17. The molecular formula is C17H21N5O. The number of aromatic nitrogens is 2. The van der Waals surface area contributed by atoms with Crippen molar-refractivity contribution in [3.8, 4) is 0 Å². The number of nitrogens with two attached hydrogens (primary N) is 1. The van der Waals surface area contributed by atoms with E-state index >= 15 is 0 Å². The molecule has 1 atom stereocenters. The van der Waals surface area contributed by atoms with Crippen LogP contribution >= 0.6 is 0 Å². The van der Waals surface area contributed by atoms with Gasteiger partial charge in [-0.1, -0.05) is 0 Å². The second-order valence-corrected chi connectivity index (χ2v) is 5.63. The van der Waals surface area contributed by atoms with E-state index in [0.29, 0.717) is 17.1 Å². The lowest BCUT2D eigenvalue weighted by atomic mass is 10.2. The third-order valence-electron chi connectivity index (χ3n) is 3.93. The van der Waals surface area contributed by atoms with Crippen molar-refractivity contribution in [3.05, 3.63) is 36.2 Å². The van der Waals surface area contributed by atoms with Crippen LogP contribution in [0.1, 0.15) is 38.0 Å². The molecule has 0 radical (unpaired) electrons. The Bertz CT molecular complexity index is 728. The maximum Gasteiger partial charge on any atom is 0.150 e. The van der Waals surface area contributed by atoms with Crippen LogP contribution in [0.3, 0.4) is 0 Å². The second-order valence-electron chi connectivity index (χ2n) is 5.63. The molecule has 0 aliphatic carbocycles. The van der Waals surface area contributed by atoms with Gasteiger partial charge in [-0.05, 0) is 51.1 Å². The van der Waals surface area contributed by atoms with Crippen LogP contribution in [0.2, 0.25) is 0 Å². The van der Waals surface area contributed by atoms with Gasteiger partial charge in [-0.15, -0.1) is 0 Å². The van der Waals surface area contributed by atoms with Crippen LogP contribution in [0.5, 0.6) is 0 Å². The molecule has 23 heavy (non-hydrogen) atoms. The van der Waals surface area contributed by atoms with Gasteiger partial charge in [-0.2, -0.15) is 5.10 Å². The van der Waals surface area contributed by atoms with Crippen molar-refractivity contribution in [2.45, 2.75) is 32.4 Å². The predicted octanol–water partition coefficient (Wildman–Crippen LogP) is 3.64. The Labute approximate surface area is 135 Å². The van der Waals surface area contributed by atoms with Crippen LogP contribution in [0.15, 0.2) is 40.6 Å². The maximum absolute atomic E-state index is 5.83. The topological polar surface area (TPSA) is 77.8 Å². The van der Waals surface area contributed by atoms with Crippen molar-refractivity contribution in [1.29, 1.82) is 0 Å². The first-order chi connectivity index (χ1) is 11.2. The Balaban J connectivity index is 1.85. The number of aliphatic imine (C=N–C) groups is 2. The molecule has 2 N–H and O–H groups in total. The van der Waals surface area contributed by atoms with E-state index in [1.807, 2.05) is 30.1 Å². The monoisotopic (exact) mass is 311 g/mol. The third-order valence-corrected chi connectivity index (χ3v) is 3.93. The fraction of sp³-hybridized carbons (Fsp3) is 0.353. The standard InChI is InChI=1S/C17H21N5O/c1-12(21-16-9-14(18)6-7-15(16)19-2)13-10-20-22(11-13)17-5-3-4-8-23-17/h6-7,9-11,17H,2-5,8,18H2,1H3/b21-12+. The van der Waals surface area contributed by atoms with Crippen LogP contribution in [-0.2, 0) is 4.74 Å². The van der Waals surface area contributed by atoms with Crippen LogP contribution < -0.4 is 5.73 Å². The summed E-state index contributed by atoms with van der Waals surface area (Å²) in [6.07, 6.45) is 7.11. The summed E-state index contributed by atoms with van der Waals surface area (Å²) in [5, 5.41) is 4.41. The molecule has 0 spiro atoms. The molecule has 1 fully saturated rings. The molecule has 1 aromatic carbocycles. The maximum atomic E-state index is 5.83. The largest absolute Gasteiger partial charge is 0.399 e. The highest BCUT2D eigenvalue weighted by atomic mass is 16.5. The molecule has 6 nitrogen and oxygen atoms in total. The average molecular weight is 311 g/mol. The number of hydrogen-bond acceptors (Lipinski definition) is 5. The Kier molecular flexibility index (Phi) is 4.52. The van der Waals surface area contributed by atoms with Crippen LogP contribution in [0, 0.1) is 0 Å². The summed E-state index contributed by atoms with van der Waals surface area (Å²) in [6.45, 7) is 6.31. The number of nitrogen functional groups attached to an aromatic ring is 1. The summed E-state index contributed by atoms with van der Waals surface area (Å²) < 4.78 is 7.62. The summed E-state index contributed by atoms with van der Waals surface area (Å²) in [5.74, 6) is 0. The normalized spacial score (nSPS) is 18.8. The minimum atomic E-state index is 0.0306. The Morgan fingerprint density at radius 3 is 3.00 bits per heavy atom. The highest BCUT2D eigenvalue weighted by Crippen LogP contribution is 2.30. The first-order valence-electron chi connectivity index (χ1n) is 7.75. The molecule has 0 bridgehead atoms. The van der Waals surface area contributed by atoms with Gasteiger partial charge in [0.1, 0.15) is 6.23 Å². The van der Waals surface area contributed by atoms with Gasteiger partial charge in [0, 0.05) is 29.8 Å². The lowest BCUT2D eigenvalue weighted by Gasteiger charge is -2.22. The number of rotatable bonds is 4. The fourth-order valence-electron chi connectivity index (χ4n) is 2.62. The number of anilines is 1. The molecule has 3 rings (SSSR count). The van der Waals surface area contributed by atoms with Crippen molar-refractivity contribution in [2.75, 3.05) is 12.3 Å². The number of ether oxygens (including phenoxy) is 1. The van der Waals surface area contributed by atoms with Crippen LogP contribution in [0.4, 0.5) is 17.1 Å². The van der Waals surface area contributed by atoms with Crippen LogP contribution in [-0.4, -0.2) is 28.8 Å². The molecule has 1 aromatic heterocycles. The average Bonchev–Trinajstić information content (AvgIpc) is 3.06. The molecular weight excluding hydrogens is 290 g/mol. The Morgan fingerprint density at radius 2 is 2.26 bits per heavy atom. The SMILES string of the molecule is C=Nc1ccc(N)cc1/N=C(\C)c1cnn(C2CCCCO2)c1. The van der Waals surface area contributed by atoms with Gasteiger partial charge in [0.2, 0.25) is 0 Å². The number of benzene rings is 1. The van der Waals surface area contributed by atoms with Crippen molar-refractivity contribution in [1.82, 2.24) is 9.78 Å². The van der Waals surface area contributed by atoms with Crippen molar-refractivity contribution in [2.24, 2.45) is 9.98 Å². The first kappa shape index (κ1) is 15.4. The van der Waals surface area contributed by atoms with Gasteiger partial charge in [0.15, 0.2) is 0 Å². The van der Waals surface area contributed by atoms with Crippen molar-refractivity contribution >= 4 is 29.5 Å². The zero-order valence-electron chi connectivity index (χ0n) is 13.3. The van der Waals surface area contributed by atoms with Crippen molar-refractivity contribution in [3.63, 3.8) is 0 Å². The summed E-state index contributed by atoms with van der Waals surface area (Å²) in [7, 11) is 0. The summed E-state index contributed by atoms with van der Waals surface area (Å²) in [5.41, 5.74) is 9.70. The van der Waals surface area contributed by atoms with E-state index in [2.05, 4.69) is 21.8 Å². The van der Waals surface area contributed by atoms with E-state index in [4.69, 9.17) is 10.5 Å². The fourth-order valence-corrected chi connectivity index (χ4v) is 2.62. The number of hydrogen-bond donors (Lipinski definition) is 1. The summed E-state index contributed by atoms with van der Waals surface area (Å²) >= 11 is 0. The molecule has 1 unspecified atom stereocenters. The first-order valence-corrected chi connectivity index (χ1v) is 7.75. The van der Waals surface area contributed by atoms with E-state index in [1.54, 1.807) is 12.1 Å². The quantitative estimate of drug-likeness (QED) is 0.691. The third kappa shape index (κ3) is 3.48. The van der Waals surface area contributed by atoms with Gasteiger partial charge in [0.25, 0.3) is 0 Å². The minimum absolute atomic E-state index is 0.0306.